The van der Waals surface area contributed by atoms with E-state index >= 15 is 0 Å². The highest BCUT2D eigenvalue weighted by atomic mass is 32.2. The molecule has 0 aromatic heterocycles. The third-order valence-corrected chi connectivity index (χ3v) is 6.27. The number of rotatable bonds is 6. The first-order chi connectivity index (χ1) is 12.1. The van der Waals surface area contributed by atoms with Crippen molar-refractivity contribution in [3.05, 3.63) is 46.1 Å². The third-order valence-electron chi connectivity index (χ3n) is 4.35. The van der Waals surface area contributed by atoms with Crippen molar-refractivity contribution in [2.45, 2.75) is 46.0 Å². The molecule has 2 rings (SSSR count). The van der Waals surface area contributed by atoms with Crippen LogP contribution in [0.2, 0.25) is 13.1 Å². The summed E-state index contributed by atoms with van der Waals surface area (Å²) in [5.41, 5.74) is 1.59. The second-order valence-corrected chi connectivity index (χ2v) is 11.2. The molecule has 0 saturated carbocycles. The predicted molar refractivity (Wildman–Crippen MR) is 109 cm³/mol. The molecule has 0 N–H and O–H groups in total. The van der Waals surface area contributed by atoms with E-state index in [1.165, 1.54) is 7.11 Å². The molecule has 4 nitrogen and oxygen atoms in total. The Morgan fingerprint density at radius 1 is 1.23 bits per heavy atom. The van der Waals surface area contributed by atoms with Gasteiger partial charge in [0, 0.05) is 18.1 Å². The van der Waals surface area contributed by atoms with Gasteiger partial charge in [-0.25, -0.2) is 4.79 Å². The minimum Gasteiger partial charge on any atom is -0.549 e. The lowest BCUT2D eigenvalue weighted by Gasteiger charge is -2.30. The molecular weight excluding hydrogens is 364 g/mol. The molecule has 26 heavy (non-hydrogen) atoms. The second-order valence-electron chi connectivity index (χ2n) is 7.88. The first-order valence-corrected chi connectivity index (χ1v) is 12.6. The number of carbonyl (C=O) groups is 2. The molecule has 1 atom stereocenters. The summed E-state index contributed by atoms with van der Waals surface area (Å²) in [6.45, 7) is 10.7. The SMILES string of the molecule is COC(=O)c1ccc(CSC2=C(O[SiH](C)C)[C@@H](C(C)(C)C)CC2=O)cc1. The summed E-state index contributed by atoms with van der Waals surface area (Å²) in [7, 11) is 0.0752. The molecule has 1 aromatic carbocycles. The normalized spacial score (nSPS) is 17.8. The van der Waals surface area contributed by atoms with Crippen LogP contribution in [-0.4, -0.2) is 27.9 Å². The number of esters is 1. The Morgan fingerprint density at radius 3 is 2.35 bits per heavy atom. The number of allylic oxidation sites excluding steroid dienone is 2. The van der Waals surface area contributed by atoms with Gasteiger partial charge in [0.25, 0.3) is 0 Å². The van der Waals surface area contributed by atoms with Gasteiger partial charge in [-0.05, 0) is 36.2 Å². The smallest absolute Gasteiger partial charge is 0.337 e. The predicted octanol–water partition coefficient (Wildman–Crippen LogP) is 4.55. The molecule has 1 aromatic rings. The number of carbonyl (C=O) groups excluding carboxylic acids is 2. The van der Waals surface area contributed by atoms with E-state index in [1.807, 2.05) is 12.1 Å². The topological polar surface area (TPSA) is 52.6 Å². The molecule has 0 heterocycles. The van der Waals surface area contributed by atoms with Gasteiger partial charge in [-0.1, -0.05) is 32.9 Å². The van der Waals surface area contributed by atoms with Crippen LogP contribution in [0.15, 0.2) is 34.9 Å². The van der Waals surface area contributed by atoms with Crippen molar-refractivity contribution in [1.82, 2.24) is 0 Å². The number of Topliss-reactive ketones (excluding diaryl/α,β-unsaturated/α-hetero) is 1. The number of ether oxygens (including phenoxy) is 1. The molecule has 1 aliphatic carbocycles. The Labute approximate surface area is 162 Å². The van der Waals surface area contributed by atoms with Gasteiger partial charge < -0.3 is 9.16 Å². The highest BCUT2D eigenvalue weighted by Gasteiger charge is 2.40. The van der Waals surface area contributed by atoms with Crippen LogP contribution < -0.4 is 0 Å². The molecule has 0 aliphatic heterocycles. The largest absolute Gasteiger partial charge is 0.549 e. The van der Waals surface area contributed by atoms with E-state index in [2.05, 4.69) is 33.9 Å². The van der Waals surface area contributed by atoms with E-state index in [1.54, 1.807) is 23.9 Å². The summed E-state index contributed by atoms with van der Waals surface area (Å²) in [6.07, 6.45) is 0.531. The van der Waals surface area contributed by atoms with Crippen LogP contribution in [0.1, 0.15) is 43.1 Å². The molecule has 0 spiro atoms. The number of methoxy groups -OCH3 is 1. The fourth-order valence-corrected chi connectivity index (χ4v) is 4.87. The fourth-order valence-electron chi connectivity index (χ4n) is 2.92. The van der Waals surface area contributed by atoms with Gasteiger partial charge in [-0.15, -0.1) is 11.8 Å². The first kappa shape index (κ1) is 20.8. The molecule has 0 fully saturated rings. The second kappa shape index (κ2) is 8.44. The van der Waals surface area contributed by atoms with Crippen molar-refractivity contribution in [2.24, 2.45) is 11.3 Å². The quantitative estimate of drug-likeness (QED) is 0.525. The van der Waals surface area contributed by atoms with Crippen molar-refractivity contribution >= 4 is 32.6 Å². The molecule has 6 heteroatoms. The highest BCUT2D eigenvalue weighted by Crippen LogP contribution is 2.46. The lowest BCUT2D eigenvalue weighted by molar-refractivity contribution is -0.115. The zero-order valence-electron chi connectivity index (χ0n) is 16.4. The Bertz CT molecular complexity index is 702. The van der Waals surface area contributed by atoms with Crippen molar-refractivity contribution < 1.29 is 18.8 Å². The number of hydrogen-bond acceptors (Lipinski definition) is 5. The Hall–Kier alpha value is -1.53. The Balaban J connectivity index is 2.18. The van der Waals surface area contributed by atoms with Crippen LogP contribution in [0.3, 0.4) is 0 Å². The summed E-state index contributed by atoms with van der Waals surface area (Å²) in [6, 6.07) is 7.31. The lowest BCUT2D eigenvalue weighted by atomic mass is 9.79. The average Bonchev–Trinajstić information content (AvgIpc) is 2.88. The van der Waals surface area contributed by atoms with Gasteiger partial charge in [0.2, 0.25) is 9.04 Å². The summed E-state index contributed by atoms with van der Waals surface area (Å²) in [5, 5.41) is 0. The molecular formula is C20H28O4SSi. The maximum atomic E-state index is 12.6. The molecule has 0 bridgehead atoms. The number of thioether (sulfide) groups is 1. The summed E-state index contributed by atoms with van der Waals surface area (Å²) >= 11 is 1.55. The van der Waals surface area contributed by atoms with Gasteiger partial charge in [-0.3, -0.25) is 4.79 Å². The zero-order valence-corrected chi connectivity index (χ0v) is 18.4. The van der Waals surface area contributed by atoms with Gasteiger partial charge in [0.15, 0.2) is 5.78 Å². The molecule has 0 saturated heterocycles. The van der Waals surface area contributed by atoms with Gasteiger partial charge in [-0.2, -0.15) is 0 Å². The highest BCUT2D eigenvalue weighted by molar-refractivity contribution is 8.03. The summed E-state index contributed by atoms with van der Waals surface area (Å²) in [4.78, 5) is 24.9. The lowest BCUT2D eigenvalue weighted by Crippen LogP contribution is -2.24. The standard InChI is InChI=1S/C20H28O4SSi/c1-20(2,3)15-11-16(21)18(17(15)24-26(5)6)25-12-13-7-9-14(10-8-13)19(22)23-4/h7-10,15,26H,11-12H2,1-6H3/t15-/m0/s1. The van der Waals surface area contributed by atoms with Crippen LogP contribution in [-0.2, 0) is 19.7 Å². The third kappa shape index (κ3) is 5.01. The van der Waals surface area contributed by atoms with Gasteiger partial charge in [0.1, 0.15) is 5.76 Å². The van der Waals surface area contributed by atoms with E-state index < -0.39 is 9.04 Å². The van der Waals surface area contributed by atoms with Crippen LogP contribution in [0, 0.1) is 11.3 Å². The van der Waals surface area contributed by atoms with E-state index in [0.717, 1.165) is 16.2 Å². The summed E-state index contributed by atoms with van der Waals surface area (Å²) in [5.74, 6) is 1.56. The van der Waals surface area contributed by atoms with Gasteiger partial charge in [0.05, 0.1) is 17.6 Å². The molecule has 0 radical (unpaired) electrons. The molecule has 142 valence electrons. The van der Waals surface area contributed by atoms with Crippen molar-refractivity contribution in [2.75, 3.05) is 7.11 Å². The number of hydrogen-bond donors (Lipinski definition) is 0. The van der Waals surface area contributed by atoms with Gasteiger partial charge >= 0.3 is 5.97 Å². The van der Waals surface area contributed by atoms with Crippen molar-refractivity contribution in [1.29, 1.82) is 0 Å². The van der Waals surface area contributed by atoms with E-state index in [9.17, 15) is 9.59 Å². The molecule has 0 unspecified atom stereocenters. The van der Waals surface area contributed by atoms with Crippen LogP contribution in [0.5, 0.6) is 0 Å². The maximum Gasteiger partial charge on any atom is 0.337 e. The number of benzene rings is 1. The van der Waals surface area contributed by atoms with Crippen LogP contribution >= 0.6 is 11.8 Å². The van der Waals surface area contributed by atoms with Crippen molar-refractivity contribution in [3.8, 4) is 0 Å². The summed E-state index contributed by atoms with van der Waals surface area (Å²) < 4.78 is 10.9. The minimum absolute atomic E-state index is 0.00123. The van der Waals surface area contributed by atoms with E-state index in [4.69, 9.17) is 9.16 Å². The first-order valence-electron chi connectivity index (χ1n) is 8.87. The van der Waals surface area contributed by atoms with Crippen molar-refractivity contribution in [3.63, 3.8) is 0 Å². The van der Waals surface area contributed by atoms with E-state index in [0.29, 0.717) is 17.7 Å². The van der Waals surface area contributed by atoms with Crippen LogP contribution in [0.25, 0.3) is 0 Å². The molecule has 0 amide bonds. The Morgan fingerprint density at radius 2 is 1.85 bits per heavy atom. The minimum atomic E-state index is -1.30. The zero-order chi connectivity index (χ0) is 19.5. The maximum absolute atomic E-state index is 12.6. The van der Waals surface area contributed by atoms with E-state index in [-0.39, 0.29) is 23.1 Å². The molecule has 1 aliphatic rings. The van der Waals surface area contributed by atoms with Crippen LogP contribution in [0.4, 0.5) is 0 Å². The number of ketones is 1. The average molecular weight is 393 g/mol. The monoisotopic (exact) mass is 392 g/mol. The fraction of sp³-hybridized carbons (Fsp3) is 0.500. The Kier molecular flexibility index (Phi) is 6.74.